The molecule has 0 aliphatic carbocycles. The topological polar surface area (TPSA) is 0 Å². The van der Waals surface area contributed by atoms with Crippen LogP contribution in [0, 0.1) is 0 Å². The standard InChI is InChI=1S/Al.Sc.Ti.Zr.3H. The molecule has 0 bridgehead atoms. The van der Waals surface area contributed by atoms with Crippen molar-refractivity contribution >= 4 is 17.4 Å². The molecule has 0 aliphatic heterocycles. The number of hydrogen-bond acceptors (Lipinski definition) is 0. The van der Waals surface area contributed by atoms with Gasteiger partial charge >= 0.3 is 0 Å². The second kappa shape index (κ2) is 16.7. The summed E-state index contributed by atoms with van der Waals surface area (Å²) in [4.78, 5) is 0. The molecular weight excluding hydrogens is 211 g/mol. The van der Waals surface area contributed by atoms with Gasteiger partial charge in [0.2, 0.25) is 0 Å². The van der Waals surface area contributed by atoms with Gasteiger partial charge in [0.15, 0.2) is 17.4 Å². The third kappa shape index (κ3) is 8.89. The van der Waals surface area contributed by atoms with E-state index in [1.54, 1.807) is 0 Å². The molecule has 4 heteroatoms. The first kappa shape index (κ1) is 28.0. The Bertz CT molecular complexity index is 8.00. The summed E-state index contributed by atoms with van der Waals surface area (Å²) in [6, 6.07) is 0. The molecule has 0 aromatic rings. The van der Waals surface area contributed by atoms with E-state index in [2.05, 4.69) is 0 Å². The van der Waals surface area contributed by atoms with Gasteiger partial charge < -0.3 is 0 Å². The Morgan fingerprint density at radius 2 is 1.00 bits per heavy atom. The summed E-state index contributed by atoms with van der Waals surface area (Å²) in [7, 11) is 0. The van der Waals surface area contributed by atoms with Crippen LogP contribution in [0.1, 0.15) is 0 Å². The largest absolute Gasteiger partial charge is 0.187 e. The van der Waals surface area contributed by atoms with Crippen molar-refractivity contribution in [3.8, 4) is 0 Å². The zero-order valence-electron chi connectivity index (χ0n) is 1.58. The summed E-state index contributed by atoms with van der Waals surface area (Å²) in [6.07, 6.45) is 0. The second-order valence-electron chi connectivity index (χ2n) is 0. The quantitative estimate of drug-likeness (QED) is 0.445. The van der Waals surface area contributed by atoms with Crippen LogP contribution in [0.3, 0.4) is 0 Å². The molecule has 0 atom stereocenters. The maximum Gasteiger partial charge on any atom is 0.187 e. The first-order chi connectivity index (χ1) is 0. The van der Waals surface area contributed by atoms with Gasteiger partial charge in [0, 0.05) is 73.8 Å². The van der Waals surface area contributed by atoms with Gasteiger partial charge in [-0.1, -0.05) is 0 Å². The Morgan fingerprint density at radius 1 is 1.00 bits per heavy atom. The molecule has 0 aromatic carbocycles. The molecule has 17 valence electrons. The third-order valence-electron chi connectivity index (χ3n) is 0. The van der Waals surface area contributed by atoms with Crippen molar-refractivity contribution in [1.29, 1.82) is 0 Å². The van der Waals surface area contributed by atoms with Crippen LogP contribution in [-0.4, -0.2) is 17.4 Å². The maximum atomic E-state index is 0. The minimum absolute atomic E-state index is 0. The van der Waals surface area contributed by atoms with Crippen molar-refractivity contribution in [3.05, 3.63) is 0 Å². The Hall–Kier alpha value is 3.00. The monoisotopic (exact) mass is 213 g/mol. The van der Waals surface area contributed by atoms with E-state index in [1.165, 1.54) is 0 Å². The van der Waals surface area contributed by atoms with Gasteiger partial charge in [-0.2, -0.15) is 0 Å². The van der Waals surface area contributed by atoms with Gasteiger partial charge in [-0.3, -0.25) is 0 Å². The first-order valence-corrected chi connectivity index (χ1v) is 0. The van der Waals surface area contributed by atoms with Crippen LogP contribution in [0.5, 0.6) is 0 Å². The molecule has 0 saturated heterocycles. The fourth-order valence-corrected chi connectivity index (χ4v) is 0. The minimum atomic E-state index is 0. The van der Waals surface area contributed by atoms with Crippen molar-refractivity contribution in [2.24, 2.45) is 0 Å². The van der Waals surface area contributed by atoms with E-state index < -0.39 is 0 Å². The van der Waals surface area contributed by atoms with E-state index in [-0.39, 0.29) is 91.1 Å². The Kier molecular flexibility index (Phi) is 117. The summed E-state index contributed by atoms with van der Waals surface area (Å²) in [6.45, 7) is 0. The van der Waals surface area contributed by atoms with Crippen molar-refractivity contribution in [2.45, 2.75) is 0 Å². The molecule has 0 N–H and O–H groups in total. The minimum Gasteiger partial charge on any atom is 0 e. The van der Waals surface area contributed by atoms with Crippen LogP contribution in [0.2, 0.25) is 0 Å². The van der Waals surface area contributed by atoms with E-state index in [1.807, 2.05) is 0 Å². The van der Waals surface area contributed by atoms with Crippen molar-refractivity contribution in [1.82, 2.24) is 0 Å². The van der Waals surface area contributed by atoms with Crippen molar-refractivity contribution in [2.75, 3.05) is 0 Å². The zero-order chi connectivity index (χ0) is 0. The van der Waals surface area contributed by atoms with Gasteiger partial charge in [0.25, 0.3) is 0 Å². The Balaban J connectivity index is 0. The van der Waals surface area contributed by atoms with E-state index in [0.29, 0.717) is 0 Å². The molecule has 0 unspecified atom stereocenters. The summed E-state index contributed by atoms with van der Waals surface area (Å²) in [5.74, 6) is 0. The van der Waals surface area contributed by atoms with Crippen molar-refractivity contribution in [3.63, 3.8) is 0 Å². The molecule has 0 amide bonds. The van der Waals surface area contributed by atoms with Gasteiger partial charge in [-0.05, 0) is 0 Å². The zero-order valence-corrected chi connectivity index (χ0v) is 7.40. The molecule has 1 radical (unpaired) electrons. The van der Waals surface area contributed by atoms with E-state index in [0.717, 1.165) is 0 Å². The van der Waals surface area contributed by atoms with Crippen LogP contribution in [0.4, 0.5) is 0 Å². The fraction of sp³-hybridized carbons (Fsp3) is 0. The van der Waals surface area contributed by atoms with Crippen molar-refractivity contribution < 1.29 is 73.8 Å². The van der Waals surface area contributed by atoms with E-state index >= 15 is 0 Å². The third-order valence-corrected chi connectivity index (χ3v) is 0. The van der Waals surface area contributed by atoms with Crippen LogP contribution < -0.4 is 0 Å². The molecule has 0 fully saturated rings. The molecule has 0 aromatic heterocycles. The van der Waals surface area contributed by atoms with Crippen LogP contribution >= 0.6 is 0 Å². The van der Waals surface area contributed by atoms with Crippen LogP contribution in [-0.2, 0) is 73.8 Å². The van der Waals surface area contributed by atoms with Gasteiger partial charge in [0.05, 0.1) is 0 Å². The van der Waals surface area contributed by atoms with Gasteiger partial charge in [-0.25, -0.2) is 0 Å². The summed E-state index contributed by atoms with van der Waals surface area (Å²) < 4.78 is 0. The predicted octanol–water partition coefficient (Wildman–Crippen LogP) is -1.19. The molecule has 0 rings (SSSR count). The van der Waals surface area contributed by atoms with E-state index in [9.17, 15) is 0 Å². The summed E-state index contributed by atoms with van der Waals surface area (Å²) >= 11 is 0. The molecule has 0 saturated carbocycles. The molecule has 0 spiro atoms. The van der Waals surface area contributed by atoms with Gasteiger partial charge in [0.1, 0.15) is 0 Å². The average molecular weight is 214 g/mol. The van der Waals surface area contributed by atoms with Gasteiger partial charge in [-0.15, -0.1) is 0 Å². The predicted molar refractivity (Wildman–Crippen MR) is 9.94 cm³/mol. The summed E-state index contributed by atoms with van der Waals surface area (Å²) in [5, 5.41) is 0. The molecule has 0 heterocycles. The SMILES string of the molecule is [AlH3].[Sc].[Ti].[Zr]. The van der Waals surface area contributed by atoms with Crippen LogP contribution in [0.15, 0.2) is 0 Å². The molecule has 0 nitrogen and oxygen atoms in total. The first-order valence-electron chi connectivity index (χ1n) is 0. The maximum absolute atomic E-state index is 0. The summed E-state index contributed by atoms with van der Waals surface area (Å²) in [5.41, 5.74) is 0. The molecule has 0 aliphatic rings. The fourth-order valence-electron chi connectivity index (χ4n) is 0. The molecular formula is H3AlScTiZr. The van der Waals surface area contributed by atoms with E-state index in [4.69, 9.17) is 0 Å². The smallest absolute Gasteiger partial charge is 0 e. The average Bonchev–Trinajstić information content (AvgIpc) is 0. The Labute approximate surface area is 89.4 Å². The molecule has 4 heavy (non-hydrogen) atoms. The number of hydrogen-bond donors (Lipinski definition) is 0. The Morgan fingerprint density at radius 3 is 1.00 bits per heavy atom. The normalized spacial score (nSPS) is 0. The second-order valence-corrected chi connectivity index (χ2v) is 0. The number of rotatable bonds is 0. The van der Waals surface area contributed by atoms with Crippen LogP contribution in [0.25, 0.3) is 0 Å².